The van der Waals surface area contributed by atoms with Crippen molar-refractivity contribution in [1.82, 2.24) is 8.96 Å². The summed E-state index contributed by atoms with van der Waals surface area (Å²) in [5.74, 6) is -0.940. The van der Waals surface area contributed by atoms with E-state index >= 15 is 0 Å². The molecule has 0 spiro atoms. The van der Waals surface area contributed by atoms with Crippen molar-refractivity contribution in [2.75, 3.05) is 7.11 Å². The van der Waals surface area contributed by atoms with Crippen molar-refractivity contribution in [3.63, 3.8) is 0 Å². The molecule has 0 aliphatic rings. The van der Waals surface area contributed by atoms with E-state index in [-0.39, 0.29) is 34.0 Å². The zero-order valence-corrected chi connectivity index (χ0v) is 15.3. The zero-order chi connectivity index (χ0) is 19.8. The molecule has 3 aromatic rings. The van der Waals surface area contributed by atoms with Crippen LogP contribution >= 0.6 is 0 Å². The van der Waals surface area contributed by atoms with E-state index in [4.69, 9.17) is 10.00 Å². The lowest BCUT2D eigenvalue weighted by molar-refractivity contribution is -0.136. The van der Waals surface area contributed by atoms with Gasteiger partial charge in [-0.3, -0.25) is 4.79 Å². The number of nitriles is 1. The number of carboxylic acid groups (broad SMARTS) is 1. The van der Waals surface area contributed by atoms with Gasteiger partial charge >= 0.3 is 5.97 Å². The Kier molecular flexibility index (Phi) is 4.59. The molecular weight excluding hydrogens is 370 g/mol. The smallest absolute Gasteiger partial charge is 0.307 e. The van der Waals surface area contributed by atoms with E-state index in [9.17, 15) is 18.3 Å². The lowest BCUT2D eigenvalue weighted by Gasteiger charge is -2.11. The van der Waals surface area contributed by atoms with Crippen molar-refractivity contribution in [1.29, 1.82) is 5.26 Å². The molecular formula is C18H15N3O5S. The fraction of sp³-hybridized carbons (Fsp3) is 0.167. The number of aromatic nitrogens is 2. The van der Waals surface area contributed by atoms with Gasteiger partial charge in [0.15, 0.2) is 5.65 Å². The van der Waals surface area contributed by atoms with Crippen LogP contribution in [0, 0.1) is 18.3 Å². The van der Waals surface area contributed by atoms with E-state index in [1.807, 2.05) is 6.07 Å². The fourth-order valence-corrected chi connectivity index (χ4v) is 4.52. The summed E-state index contributed by atoms with van der Waals surface area (Å²) in [6, 6.07) is 9.11. The van der Waals surface area contributed by atoms with Crippen molar-refractivity contribution >= 4 is 27.0 Å². The predicted molar refractivity (Wildman–Crippen MR) is 96.1 cm³/mol. The average molecular weight is 385 g/mol. The Bertz CT molecular complexity index is 1210. The van der Waals surface area contributed by atoms with Gasteiger partial charge in [-0.05, 0) is 36.8 Å². The minimum atomic E-state index is -4.10. The summed E-state index contributed by atoms with van der Waals surface area (Å²) in [6.07, 6.45) is 1.12. The number of carbonyl (C=O) groups is 1. The molecule has 1 N–H and O–H groups in total. The van der Waals surface area contributed by atoms with Crippen molar-refractivity contribution < 1.29 is 23.1 Å². The largest absolute Gasteiger partial charge is 0.495 e. The molecule has 0 aliphatic heterocycles. The lowest BCUT2D eigenvalue weighted by Crippen LogP contribution is -2.16. The van der Waals surface area contributed by atoms with Crippen LogP contribution in [0.2, 0.25) is 0 Å². The highest BCUT2D eigenvalue weighted by molar-refractivity contribution is 7.90. The summed E-state index contributed by atoms with van der Waals surface area (Å²) < 4.78 is 32.7. The van der Waals surface area contributed by atoms with Crippen molar-refractivity contribution in [3.05, 3.63) is 53.3 Å². The second-order valence-electron chi connectivity index (χ2n) is 5.75. The summed E-state index contributed by atoms with van der Waals surface area (Å²) >= 11 is 0. The molecule has 0 saturated heterocycles. The molecule has 0 atom stereocenters. The van der Waals surface area contributed by atoms with Gasteiger partial charge < -0.3 is 9.84 Å². The van der Waals surface area contributed by atoms with Crippen LogP contribution in [-0.2, 0) is 21.2 Å². The number of fused-ring (bicyclic) bond motifs is 1. The molecule has 3 rings (SSSR count). The third-order valence-electron chi connectivity index (χ3n) is 4.21. The van der Waals surface area contributed by atoms with E-state index in [1.54, 1.807) is 19.1 Å². The highest BCUT2D eigenvalue weighted by Crippen LogP contribution is 2.31. The van der Waals surface area contributed by atoms with Crippen LogP contribution < -0.4 is 4.74 Å². The van der Waals surface area contributed by atoms with Gasteiger partial charge in [-0.25, -0.2) is 17.4 Å². The van der Waals surface area contributed by atoms with E-state index in [1.165, 1.54) is 31.5 Å². The van der Waals surface area contributed by atoms with Gasteiger partial charge in [-0.2, -0.15) is 5.26 Å². The molecule has 0 radical (unpaired) electrons. The predicted octanol–water partition coefficient (Wildman–Crippen LogP) is 2.09. The standard InChI is InChI=1S/C18H15N3O5S/c1-11-15(9-17(22)23)14-4-3-7-20-18(14)21(11)27(24,25)13-6-5-12(10-19)16(8-13)26-2/h3-8H,9H2,1-2H3,(H,22,23). The number of benzene rings is 1. The summed E-state index contributed by atoms with van der Waals surface area (Å²) in [4.78, 5) is 15.3. The SMILES string of the molecule is COc1cc(S(=O)(=O)n2c(C)c(CC(=O)O)c3cccnc32)ccc1C#N. The molecule has 2 heterocycles. The Hall–Kier alpha value is -3.38. The van der Waals surface area contributed by atoms with Gasteiger partial charge in [0.25, 0.3) is 10.0 Å². The molecule has 8 nitrogen and oxygen atoms in total. The highest BCUT2D eigenvalue weighted by atomic mass is 32.2. The van der Waals surface area contributed by atoms with Crippen molar-refractivity contribution in [2.45, 2.75) is 18.2 Å². The van der Waals surface area contributed by atoms with Gasteiger partial charge in [0.2, 0.25) is 0 Å². The highest BCUT2D eigenvalue weighted by Gasteiger charge is 2.27. The van der Waals surface area contributed by atoms with E-state index in [0.717, 1.165) is 3.97 Å². The lowest BCUT2D eigenvalue weighted by atomic mass is 10.1. The normalized spacial score (nSPS) is 11.3. The van der Waals surface area contributed by atoms with Gasteiger partial charge in [0.05, 0.1) is 24.0 Å². The van der Waals surface area contributed by atoms with Crippen LogP contribution in [-0.4, -0.2) is 35.6 Å². The van der Waals surface area contributed by atoms with E-state index in [0.29, 0.717) is 10.9 Å². The van der Waals surface area contributed by atoms with E-state index < -0.39 is 16.0 Å². The van der Waals surface area contributed by atoms with Crippen LogP contribution in [0.3, 0.4) is 0 Å². The summed E-state index contributed by atoms with van der Waals surface area (Å²) in [7, 11) is -2.75. The van der Waals surface area contributed by atoms with Gasteiger partial charge in [0.1, 0.15) is 11.8 Å². The maximum absolute atomic E-state index is 13.3. The maximum Gasteiger partial charge on any atom is 0.307 e. The van der Waals surface area contributed by atoms with Gasteiger partial charge in [-0.1, -0.05) is 0 Å². The van der Waals surface area contributed by atoms with Crippen LogP contribution in [0.4, 0.5) is 0 Å². The Morgan fingerprint density at radius 1 is 1.37 bits per heavy atom. The summed E-state index contributed by atoms with van der Waals surface area (Å²) in [6.45, 7) is 1.54. The van der Waals surface area contributed by atoms with Crippen LogP contribution in [0.25, 0.3) is 11.0 Å². The number of aliphatic carboxylic acids is 1. The Morgan fingerprint density at radius 3 is 2.74 bits per heavy atom. The topological polar surface area (TPSA) is 122 Å². The molecule has 0 unspecified atom stereocenters. The van der Waals surface area contributed by atoms with Gasteiger partial charge in [0, 0.05) is 23.3 Å². The zero-order valence-electron chi connectivity index (χ0n) is 14.5. The molecule has 2 aromatic heterocycles. The first-order valence-electron chi connectivity index (χ1n) is 7.81. The number of nitrogens with zero attached hydrogens (tertiary/aromatic N) is 3. The molecule has 1 aromatic carbocycles. The molecule has 0 bridgehead atoms. The van der Waals surface area contributed by atoms with Crippen LogP contribution in [0.1, 0.15) is 16.8 Å². The summed E-state index contributed by atoms with van der Waals surface area (Å²) in [5, 5.41) is 18.7. The average Bonchev–Trinajstić information content (AvgIpc) is 2.93. The molecule has 9 heteroatoms. The number of hydrogen-bond acceptors (Lipinski definition) is 6. The Labute approximate surface area is 155 Å². The quantitative estimate of drug-likeness (QED) is 0.713. The molecule has 0 saturated carbocycles. The number of ether oxygens (including phenoxy) is 1. The van der Waals surface area contributed by atoms with Crippen molar-refractivity contribution in [3.8, 4) is 11.8 Å². The summed E-state index contributed by atoms with van der Waals surface area (Å²) in [5.41, 5.74) is 1.01. The molecule has 0 aliphatic carbocycles. The number of rotatable bonds is 5. The number of methoxy groups -OCH3 is 1. The third kappa shape index (κ3) is 3.00. The van der Waals surface area contributed by atoms with Gasteiger partial charge in [-0.15, -0.1) is 0 Å². The second-order valence-corrected chi connectivity index (χ2v) is 7.54. The Balaban J connectivity index is 2.30. The molecule has 0 fully saturated rings. The van der Waals surface area contributed by atoms with Crippen LogP contribution in [0.5, 0.6) is 5.75 Å². The second kappa shape index (κ2) is 6.74. The number of pyridine rings is 1. The number of hydrogen-bond donors (Lipinski definition) is 1. The Morgan fingerprint density at radius 2 is 2.11 bits per heavy atom. The first kappa shape index (κ1) is 18.4. The monoisotopic (exact) mass is 385 g/mol. The van der Waals surface area contributed by atoms with Crippen LogP contribution in [0.15, 0.2) is 41.4 Å². The first-order valence-corrected chi connectivity index (χ1v) is 9.25. The molecule has 27 heavy (non-hydrogen) atoms. The number of carboxylic acids is 1. The molecule has 138 valence electrons. The first-order chi connectivity index (χ1) is 12.8. The van der Waals surface area contributed by atoms with E-state index in [2.05, 4.69) is 4.98 Å². The maximum atomic E-state index is 13.3. The minimum Gasteiger partial charge on any atom is -0.495 e. The third-order valence-corrected chi connectivity index (χ3v) is 5.98. The minimum absolute atomic E-state index is 0.0918. The fourth-order valence-electron chi connectivity index (χ4n) is 2.97. The van der Waals surface area contributed by atoms with Crippen molar-refractivity contribution in [2.24, 2.45) is 0 Å². The molecule has 0 amide bonds.